The molecule has 3 rings (SSSR count). The lowest BCUT2D eigenvalue weighted by molar-refractivity contribution is -0.140. The minimum Gasteiger partial charge on any atom is -0.507 e. The molecule has 0 radical (unpaired) electrons. The Labute approximate surface area is 179 Å². The Hall–Kier alpha value is -3.03. The summed E-state index contributed by atoms with van der Waals surface area (Å²) >= 11 is 6.10. The Balaban J connectivity index is 2.23. The van der Waals surface area contributed by atoms with Crippen LogP contribution >= 0.6 is 11.6 Å². The van der Waals surface area contributed by atoms with Crippen molar-refractivity contribution in [3.05, 3.63) is 64.2 Å². The highest BCUT2D eigenvalue weighted by Crippen LogP contribution is 2.41. The Morgan fingerprint density at radius 1 is 1.10 bits per heavy atom. The maximum Gasteiger partial charge on any atom is 0.295 e. The van der Waals surface area contributed by atoms with Crippen LogP contribution in [0, 0.1) is 0 Å². The monoisotopic (exact) mass is 431 g/mol. The summed E-state index contributed by atoms with van der Waals surface area (Å²) in [6.07, 6.45) is 0. The van der Waals surface area contributed by atoms with E-state index in [1.165, 1.54) is 32.3 Å². The number of carbonyl (C=O) groups is 2. The van der Waals surface area contributed by atoms with Crippen LogP contribution < -0.4 is 9.47 Å². The number of aliphatic hydroxyl groups is 1. The molecular formula is C22H22ClNO6. The van der Waals surface area contributed by atoms with Gasteiger partial charge in [0.1, 0.15) is 17.3 Å². The molecule has 1 amide bonds. The lowest BCUT2D eigenvalue weighted by Gasteiger charge is -2.25. The number of carbonyl (C=O) groups excluding carboxylic acids is 2. The van der Waals surface area contributed by atoms with E-state index in [0.717, 1.165) is 0 Å². The number of benzene rings is 2. The van der Waals surface area contributed by atoms with Gasteiger partial charge in [0, 0.05) is 18.7 Å². The van der Waals surface area contributed by atoms with Gasteiger partial charge >= 0.3 is 0 Å². The van der Waals surface area contributed by atoms with Gasteiger partial charge in [-0.25, -0.2) is 0 Å². The van der Waals surface area contributed by atoms with Crippen LogP contribution in [0.2, 0.25) is 5.02 Å². The lowest BCUT2D eigenvalue weighted by Crippen LogP contribution is -2.32. The van der Waals surface area contributed by atoms with Gasteiger partial charge in [-0.05, 0) is 35.9 Å². The van der Waals surface area contributed by atoms with E-state index in [1.807, 2.05) is 0 Å². The van der Waals surface area contributed by atoms with Gasteiger partial charge in [0.2, 0.25) is 0 Å². The molecule has 0 bridgehead atoms. The molecular weight excluding hydrogens is 410 g/mol. The molecule has 1 saturated heterocycles. The van der Waals surface area contributed by atoms with Crippen molar-refractivity contribution in [1.82, 2.24) is 4.90 Å². The fraction of sp³-hybridized carbons (Fsp3) is 0.273. The summed E-state index contributed by atoms with van der Waals surface area (Å²) in [5.41, 5.74) is 0.791. The Bertz CT molecular complexity index is 1000. The molecule has 1 atom stereocenters. The summed E-state index contributed by atoms with van der Waals surface area (Å²) in [7, 11) is 4.47. The first-order valence-corrected chi connectivity index (χ1v) is 9.56. The van der Waals surface area contributed by atoms with Crippen LogP contribution in [0.4, 0.5) is 0 Å². The number of rotatable bonds is 7. The fourth-order valence-electron chi connectivity index (χ4n) is 3.47. The van der Waals surface area contributed by atoms with Gasteiger partial charge in [-0.3, -0.25) is 9.59 Å². The SMILES string of the molecule is COCCN1C(=O)C(=O)/C(=C(/O)c2cc(Cl)ccc2OC)C1c1cccc(OC)c1. The third kappa shape index (κ3) is 3.99. The number of ether oxygens (including phenoxy) is 3. The molecule has 0 saturated carbocycles. The van der Waals surface area contributed by atoms with E-state index in [0.29, 0.717) is 22.1 Å². The van der Waals surface area contributed by atoms with Crippen molar-refractivity contribution in [2.75, 3.05) is 34.5 Å². The molecule has 0 aliphatic carbocycles. The quantitative estimate of drug-likeness (QED) is 0.410. The Morgan fingerprint density at radius 3 is 2.53 bits per heavy atom. The normalized spacial score (nSPS) is 18.0. The molecule has 1 heterocycles. The Morgan fingerprint density at radius 2 is 1.87 bits per heavy atom. The van der Waals surface area contributed by atoms with Crippen LogP contribution in [-0.2, 0) is 14.3 Å². The second kappa shape index (κ2) is 9.19. The van der Waals surface area contributed by atoms with Gasteiger partial charge in [0.05, 0.1) is 38.0 Å². The number of nitrogens with zero attached hydrogens (tertiary/aromatic N) is 1. The molecule has 1 aliphatic heterocycles. The molecule has 1 unspecified atom stereocenters. The topological polar surface area (TPSA) is 85.3 Å². The molecule has 2 aromatic rings. The van der Waals surface area contributed by atoms with Gasteiger partial charge in [-0.1, -0.05) is 23.7 Å². The van der Waals surface area contributed by atoms with E-state index in [-0.39, 0.29) is 30.0 Å². The van der Waals surface area contributed by atoms with Crippen molar-refractivity contribution in [1.29, 1.82) is 0 Å². The van der Waals surface area contributed by atoms with E-state index < -0.39 is 17.7 Å². The van der Waals surface area contributed by atoms with E-state index in [9.17, 15) is 14.7 Å². The van der Waals surface area contributed by atoms with Gasteiger partial charge < -0.3 is 24.2 Å². The zero-order valence-corrected chi connectivity index (χ0v) is 17.6. The van der Waals surface area contributed by atoms with Crippen molar-refractivity contribution in [2.24, 2.45) is 0 Å². The first kappa shape index (κ1) is 21.7. The number of aliphatic hydroxyl groups excluding tert-OH is 1. The van der Waals surface area contributed by atoms with E-state index >= 15 is 0 Å². The van der Waals surface area contributed by atoms with E-state index in [2.05, 4.69) is 0 Å². The van der Waals surface area contributed by atoms with Gasteiger partial charge in [-0.2, -0.15) is 0 Å². The molecule has 7 nitrogen and oxygen atoms in total. The second-order valence-electron chi connectivity index (χ2n) is 6.61. The number of methoxy groups -OCH3 is 3. The van der Waals surface area contributed by atoms with E-state index in [1.54, 1.807) is 36.4 Å². The predicted octanol–water partition coefficient (Wildman–Crippen LogP) is 3.43. The third-order valence-corrected chi connectivity index (χ3v) is 5.14. The molecule has 1 N–H and O–H groups in total. The number of hydrogen-bond donors (Lipinski definition) is 1. The predicted molar refractivity (Wildman–Crippen MR) is 112 cm³/mol. The maximum absolute atomic E-state index is 13.0. The molecule has 1 fully saturated rings. The minimum atomic E-state index is -0.820. The first-order chi connectivity index (χ1) is 14.4. The van der Waals surface area contributed by atoms with Crippen molar-refractivity contribution in [2.45, 2.75) is 6.04 Å². The molecule has 8 heteroatoms. The summed E-state index contributed by atoms with van der Waals surface area (Å²) in [5.74, 6) is -0.990. The van der Waals surface area contributed by atoms with Crippen molar-refractivity contribution < 1.29 is 28.9 Å². The first-order valence-electron chi connectivity index (χ1n) is 9.18. The largest absolute Gasteiger partial charge is 0.507 e. The molecule has 2 aromatic carbocycles. The van der Waals surface area contributed by atoms with Crippen LogP contribution in [0.3, 0.4) is 0 Å². The summed E-state index contributed by atoms with van der Waals surface area (Å²) in [4.78, 5) is 27.1. The smallest absolute Gasteiger partial charge is 0.295 e. The fourth-order valence-corrected chi connectivity index (χ4v) is 3.64. The number of ketones is 1. The highest BCUT2D eigenvalue weighted by atomic mass is 35.5. The van der Waals surface area contributed by atoms with Gasteiger partial charge in [0.15, 0.2) is 0 Å². The van der Waals surface area contributed by atoms with Crippen LogP contribution in [0.1, 0.15) is 17.2 Å². The number of hydrogen-bond acceptors (Lipinski definition) is 6. The zero-order valence-electron chi connectivity index (χ0n) is 16.8. The standard InChI is InChI=1S/C22H22ClNO6/c1-28-10-9-24-19(13-5-4-6-15(11-13)29-2)18(21(26)22(24)27)20(25)16-12-14(23)7-8-17(16)30-3/h4-8,11-12,19,25H,9-10H2,1-3H3/b20-18+. The van der Waals surface area contributed by atoms with Crippen LogP contribution in [0.15, 0.2) is 48.0 Å². The van der Waals surface area contributed by atoms with Crippen LogP contribution in [-0.4, -0.2) is 56.2 Å². The molecule has 0 aromatic heterocycles. The highest BCUT2D eigenvalue weighted by Gasteiger charge is 2.46. The van der Waals surface area contributed by atoms with Crippen molar-refractivity contribution in [3.8, 4) is 11.5 Å². The van der Waals surface area contributed by atoms with Crippen LogP contribution in [0.25, 0.3) is 5.76 Å². The number of Topliss-reactive ketones (excluding diaryl/α,β-unsaturated/α-hetero) is 1. The van der Waals surface area contributed by atoms with Crippen LogP contribution in [0.5, 0.6) is 11.5 Å². The lowest BCUT2D eigenvalue weighted by atomic mass is 9.95. The minimum absolute atomic E-state index is 0.0510. The zero-order chi connectivity index (χ0) is 21.8. The number of likely N-dealkylation sites (tertiary alicyclic amines) is 1. The third-order valence-electron chi connectivity index (χ3n) is 4.90. The Kier molecular flexibility index (Phi) is 6.64. The highest BCUT2D eigenvalue weighted by molar-refractivity contribution is 6.46. The van der Waals surface area contributed by atoms with E-state index in [4.69, 9.17) is 25.8 Å². The average molecular weight is 432 g/mol. The second-order valence-corrected chi connectivity index (χ2v) is 7.04. The number of amides is 1. The molecule has 158 valence electrons. The number of halogens is 1. The average Bonchev–Trinajstić information content (AvgIpc) is 3.01. The summed E-state index contributed by atoms with van der Waals surface area (Å²) in [6, 6.07) is 10.8. The van der Waals surface area contributed by atoms with Gasteiger partial charge in [-0.15, -0.1) is 0 Å². The molecule has 1 aliphatic rings. The molecule has 30 heavy (non-hydrogen) atoms. The van der Waals surface area contributed by atoms with Crippen molar-refractivity contribution >= 4 is 29.1 Å². The van der Waals surface area contributed by atoms with Crippen molar-refractivity contribution in [3.63, 3.8) is 0 Å². The molecule has 0 spiro atoms. The summed E-state index contributed by atoms with van der Waals surface area (Å²) < 4.78 is 15.7. The maximum atomic E-state index is 13.0. The summed E-state index contributed by atoms with van der Waals surface area (Å²) in [5, 5.41) is 11.5. The van der Waals surface area contributed by atoms with Gasteiger partial charge in [0.25, 0.3) is 11.7 Å². The summed E-state index contributed by atoms with van der Waals surface area (Å²) in [6.45, 7) is 0.403.